The van der Waals surface area contributed by atoms with E-state index in [9.17, 15) is 4.79 Å². The number of carbonyl (C=O) groups is 1. The quantitative estimate of drug-likeness (QED) is 0.892. The Morgan fingerprint density at radius 2 is 2.05 bits per heavy atom. The fourth-order valence-corrected chi connectivity index (χ4v) is 2.62. The van der Waals surface area contributed by atoms with Gasteiger partial charge in [-0.15, -0.1) is 0 Å². The molecule has 1 amide bonds. The van der Waals surface area contributed by atoms with Gasteiger partial charge in [0, 0.05) is 37.8 Å². The highest BCUT2D eigenvalue weighted by molar-refractivity contribution is 5.81. The van der Waals surface area contributed by atoms with E-state index < -0.39 is 0 Å². The summed E-state index contributed by atoms with van der Waals surface area (Å²) in [5, 5.41) is 3.18. The number of hydrogen-bond acceptors (Lipinski definition) is 3. The number of nitrogens with one attached hydrogen (secondary N) is 1. The first-order chi connectivity index (χ1) is 9.31. The minimum atomic E-state index is 0.281. The van der Waals surface area contributed by atoms with Crippen molar-refractivity contribution < 1.29 is 4.79 Å². The summed E-state index contributed by atoms with van der Waals surface area (Å²) < 4.78 is 0. The molecule has 0 radical (unpaired) electrons. The molecule has 2 aliphatic rings. The van der Waals surface area contributed by atoms with Crippen LogP contribution in [0.2, 0.25) is 0 Å². The Morgan fingerprint density at radius 3 is 2.68 bits per heavy atom. The van der Waals surface area contributed by atoms with E-state index in [0.717, 1.165) is 51.0 Å². The van der Waals surface area contributed by atoms with Crippen molar-refractivity contribution in [3.8, 4) is 0 Å². The number of nitrogens with zero attached hydrogens (tertiary/aromatic N) is 2. The number of piperidine rings is 1. The summed E-state index contributed by atoms with van der Waals surface area (Å²) in [6, 6.07) is 6.43. The lowest BCUT2D eigenvalue weighted by Gasteiger charge is -2.32. The molecule has 1 N–H and O–H groups in total. The Labute approximate surface area is 114 Å². The van der Waals surface area contributed by atoms with Crippen molar-refractivity contribution in [2.24, 2.45) is 5.92 Å². The minimum absolute atomic E-state index is 0.281. The SMILES string of the molecule is O=C(NC1CCN(Cc2ccccn2)CC1)C1CC1. The summed E-state index contributed by atoms with van der Waals surface area (Å²) in [5.74, 6) is 0.606. The molecule has 102 valence electrons. The Balaban J connectivity index is 1.43. The summed E-state index contributed by atoms with van der Waals surface area (Å²) in [7, 11) is 0. The summed E-state index contributed by atoms with van der Waals surface area (Å²) in [5.41, 5.74) is 1.13. The van der Waals surface area contributed by atoms with Crippen molar-refractivity contribution >= 4 is 5.91 Å². The van der Waals surface area contributed by atoms with E-state index in [1.807, 2.05) is 18.3 Å². The van der Waals surface area contributed by atoms with Crippen LogP contribution in [0.1, 0.15) is 31.4 Å². The molecule has 19 heavy (non-hydrogen) atoms. The van der Waals surface area contributed by atoms with Crippen LogP contribution >= 0.6 is 0 Å². The first kappa shape index (κ1) is 12.6. The third-order valence-corrected chi connectivity index (χ3v) is 3.99. The van der Waals surface area contributed by atoms with E-state index in [1.165, 1.54) is 0 Å². The highest BCUT2D eigenvalue weighted by Gasteiger charge is 2.31. The molecule has 1 aromatic heterocycles. The van der Waals surface area contributed by atoms with Crippen molar-refractivity contribution in [3.05, 3.63) is 30.1 Å². The van der Waals surface area contributed by atoms with E-state index >= 15 is 0 Å². The Hall–Kier alpha value is -1.42. The van der Waals surface area contributed by atoms with Crippen LogP contribution in [0.4, 0.5) is 0 Å². The van der Waals surface area contributed by atoms with Gasteiger partial charge in [0.2, 0.25) is 5.91 Å². The minimum Gasteiger partial charge on any atom is -0.353 e. The molecule has 3 rings (SSSR count). The predicted molar refractivity (Wildman–Crippen MR) is 73.4 cm³/mol. The van der Waals surface area contributed by atoms with Gasteiger partial charge in [-0.3, -0.25) is 14.7 Å². The maximum absolute atomic E-state index is 11.7. The number of likely N-dealkylation sites (tertiary alicyclic amines) is 1. The van der Waals surface area contributed by atoms with Crippen LogP contribution in [0.3, 0.4) is 0 Å². The lowest BCUT2D eigenvalue weighted by atomic mass is 10.0. The van der Waals surface area contributed by atoms with E-state index in [-0.39, 0.29) is 5.91 Å². The van der Waals surface area contributed by atoms with Gasteiger partial charge < -0.3 is 5.32 Å². The Morgan fingerprint density at radius 1 is 1.26 bits per heavy atom. The number of amides is 1. The standard InChI is InChI=1S/C15H21N3O/c19-15(12-4-5-12)17-13-6-9-18(10-7-13)11-14-3-1-2-8-16-14/h1-3,8,12-13H,4-7,9-11H2,(H,17,19). The van der Waals surface area contributed by atoms with Crippen LogP contribution in [-0.2, 0) is 11.3 Å². The number of pyridine rings is 1. The molecular formula is C15H21N3O. The molecule has 4 heteroatoms. The average molecular weight is 259 g/mol. The second-order valence-corrected chi connectivity index (χ2v) is 5.65. The first-order valence-electron chi connectivity index (χ1n) is 7.24. The average Bonchev–Trinajstić information content (AvgIpc) is 3.27. The molecule has 0 spiro atoms. The second kappa shape index (κ2) is 5.70. The molecule has 0 bridgehead atoms. The van der Waals surface area contributed by atoms with Gasteiger partial charge in [0.1, 0.15) is 0 Å². The van der Waals surface area contributed by atoms with E-state index in [1.54, 1.807) is 0 Å². The number of aromatic nitrogens is 1. The topological polar surface area (TPSA) is 45.2 Å². The summed E-state index contributed by atoms with van der Waals surface area (Å²) in [4.78, 5) is 18.5. The second-order valence-electron chi connectivity index (χ2n) is 5.65. The monoisotopic (exact) mass is 259 g/mol. The third kappa shape index (κ3) is 3.53. The summed E-state index contributed by atoms with van der Waals surface area (Å²) in [6.07, 6.45) is 6.14. The zero-order valence-corrected chi connectivity index (χ0v) is 11.2. The van der Waals surface area contributed by atoms with Crippen LogP contribution in [0.25, 0.3) is 0 Å². The molecule has 4 nitrogen and oxygen atoms in total. The van der Waals surface area contributed by atoms with Gasteiger partial charge in [-0.1, -0.05) is 6.07 Å². The molecule has 2 heterocycles. The molecule has 1 saturated carbocycles. The van der Waals surface area contributed by atoms with Crippen LogP contribution in [0.15, 0.2) is 24.4 Å². The number of rotatable bonds is 4. The lowest BCUT2D eigenvalue weighted by molar-refractivity contribution is -0.123. The maximum Gasteiger partial charge on any atom is 0.223 e. The first-order valence-corrected chi connectivity index (χ1v) is 7.24. The zero-order valence-electron chi connectivity index (χ0n) is 11.2. The third-order valence-electron chi connectivity index (χ3n) is 3.99. The van der Waals surface area contributed by atoms with Gasteiger partial charge in [0.05, 0.1) is 5.69 Å². The predicted octanol–water partition coefficient (Wildman–Crippen LogP) is 1.57. The van der Waals surface area contributed by atoms with Gasteiger partial charge in [0.15, 0.2) is 0 Å². The van der Waals surface area contributed by atoms with Crippen LogP contribution in [-0.4, -0.2) is 34.9 Å². The molecule has 1 saturated heterocycles. The van der Waals surface area contributed by atoms with Crippen molar-refractivity contribution in [1.82, 2.24) is 15.2 Å². The number of carbonyl (C=O) groups excluding carboxylic acids is 1. The van der Waals surface area contributed by atoms with Crippen molar-refractivity contribution in [3.63, 3.8) is 0 Å². The lowest BCUT2D eigenvalue weighted by Crippen LogP contribution is -2.44. The van der Waals surface area contributed by atoms with Crippen LogP contribution in [0, 0.1) is 5.92 Å². The molecule has 2 fully saturated rings. The van der Waals surface area contributed by atoms with Gasteiger partial charge in [-0.2, -0.15) is 0 Å². The fraction of sp³-hybridized carbons (Fsp3) is 0.600. The Bertz CT molecular complexity index is 422. The van der Waals surface area contributed by atoms with Crippen molar-refractivity contribution in [1.29, 1.82) is 0 Å². The molecule has 1 aliphatic heterocycles. The van der Waals surface area contributed by atoms with Gasteiger partial charge in [-0.25, -0.2) is 0 Å². The van der Waals surface area contributed by atoms with Gasteiger partial charge in [-0.05, 0) is 37.8 Å². The summed E-state index contributed by atoms with van der Waals surface area (Å²) in [6.45, 7) is 3.02. The molecule has 0 atom stereocenters. The molecule has 1 aliphatic carbocycles. The molecular weight excluding hydrogens is 238 g/mol. The largest absolute Gasteiger partial charge is 0.353 e. The van der Waals surface area contributed by atoms with Crippen molar-refractivity contribution in [2.75, 3.05) is 13.1 Å². The van der Waals surface area contributed by atoms with Crippen LogP contribution < -0.4 is 5.32 Å². The number of hydrogen-bond donors (Lipinski definition) is 1. The van der Waals surface area contributed by atoms with Crippen molar-refractivity contribution in [2.45, 2.75) is 38.3 Å². The molecule has 0 unspecified atom stereocenters. The fourth-order valence-electron chi connectivity index (χ4n) is 2.62. The maximum atomic E-state index is 11.7. The van der Waals surface area contributed by atoms with E-state index in [2.05, 4.69) is 21.3 Å². The van der Waals surface area contributed by atoms with E-state index in [4.69, 9.17) is 0 Å². The van der Waals surface area contributed by atoms with E-state index in [0.29, 0.717) is 12.0 Å². The zero-order chi connectivity index (χ0) is 13.1. The van der Waals surface area contributed by atoms with Crippen LogP contribution in [0.5, 0.6) is 0 Å². The highest BCUT2D eigenvalue weighted by atomic mass is 16.2. The Kier molecular flexibility index (Phi) is 3.78. The highest BCUT2D eigenvalue weighted by Crippen LogP contribution is 2.29. The normalized spacial score (nSPS) is 21.3. The molecule has 0 aromatic carbocycles. The smallest absolute Gasteiger partial charge is 0.223 e. The van der Waals surface area contributed by atoms with Gasteiger partial charge >= 0.3 is 0 Å². The van der Waals surface area contributed by atoms with Gasteiger partial charge in [0.25, 0.3) is 0 Å². The molecule has 1 aromatic rings. The summed E-state index contributed by atoms with van der Waals surface area (Å²) >= 11 is 0.